The molecule has 0 spiro atoms. The van der Waals surface area contributed by atoms with Crippen molar-refractivity contribution < 1.29 is 13.9 Å². The second-order valence-corrected chi connectivity index (χ2v) is 8.19. The number of ether oxygens (including phenoxy) is 2. The van der Waals surface area contributed by atoms with Crippen molar-refractivity contribution in [1.29, 1.82) is 0 Å². The number of fused-ring (bicyclic) bond motifs is 3. The van der Waals surface area contributed by atoms with Crippen molar-refractivity contribution in [3.05, 3.63) is 58.6 Å². The smallest absolute Gasteiger partial charge is 0.186 e. The number of allylic oxidation sites excluding steroid dienone is 1. The van der Waals surface area contributed by atoms with Crippen molar-refractivity contribution in [3.63, 3.8) is 0 Å². The van der Waals surface area contributed by atoms with Crippen LogP contribution < -0.4 is 0 Å². The molecule has 3 unspecified atom stereocenters. The maximum Gasteiger partial charge on any atom is 0.186 e. The molecule has 1 aromatic carbocycles. The maximum absolute atomic E-state index is 6.34. The highest BCUT2D eigenvalue weighted by Gasteiger charge is 2.48. The van der Waals surface area contributed by atoms with Crippen LogP contribution in [0.1, 0.15) is 43.4 Å². The Morgan fingerprint density at radius 3 is 2.75 bits per heavy atom. The fourth-order valence-corrected chi connectivity index (χ4v) is 5.35. The SMILES string of the molecule is COC1=CC2=C(C=NC3CCCCC23)CC1(OC)c1oc2ccccc2c1C. The van der Waals surface area contributed by atoms with Crippen LogP contribution in [0.4, 0.5) is 0 Å². The number of aryl methyl sites for hydroxylation is 1. The monoisotopic (exact) mass is 377 g/mol. The van der Waals surface area contributed by atoms with E-state index in [0.29, 0.717) is 18.4 Å². The Morgan fingerprint density at radius 1 is 1.14 bits per heavy atom. The molecule has 5 rings (SSSR count). The summed E-state index contributed by atoms with van der Waals surface area (Å²) < 4.78 is 18.4. The van der Waals surface area contributed by atoms with Gasteiger partial charge in [-0.25, -0.2) is 0 Å². The van der Waals surface area contributed by atoms with Gasteiger partial charge in [0.25, 0.3) is 0 Å². The first-order valence-electron chi connectivity index (χ1n) is 10.2. The highest BCUT2D eigenvalue weighted by Crippen LogP contribution is 2.50. The first kappa shape index (κ1) is 17.7. The average molecular weight is 377 g/mol. The molecule has 4 nitrogen and oxygen atoms in total. The number of rotatable bonds is 3. The third-order valence-corrected chi connectivity index (χ3v) is 6.82. The molecule has 2 heterocycles. The summed E-state index contributed by atoms with van der Waals surface area (Å²) in [7, 11) is 3.48. The van der Waals surface area contributed by atoms with E-state index >= 15 is 0 Å². The van der Waals surface area contributed by atoms with Gasteiger partial charge in [-0.2, -0.15) is 0 Å². The molecular weight excluding hydrogens is 350 g/mol. The largest absolute Gasteiger partial charge is 0.497 e. The van der Waals surface area contributed by atoms with Crippen LogP contribution in [0.5, 0.6) is 0 Å². The summed E-state index contributed by atoms with van der Waals surface area (Å²) >= 11 is 0. The van der Waals surface area contributed by atoms with E-state index in [1.54, 1.807) is 14.2 Å². The van der Waals surface area contributed by atoms with E-state index in [1.165, 1.54) is 36.8 Å². The van der Waals surface area contributed by atoms with E-state index in [4.69, 9.17) is 18.9 Å². The molecule has 0 radical (unpaired) electrons. The molecule has 2 aromatic rings. The lowest BCUT2D eigenvalue weighted by atomic mass is 9.71. The van der Waals surface area contributed by atoms with Gasteiger partial charge >= 0.3 is 0 Å². The summed E-state index contributed by atoms with van der Waals surface area (Å²) in [5.74, 6) is 2.16. The number of methoxy groups -OCH3 is 2. The minimum absolute atomic E-state index is 0.421. The first-order valence-corrected chi connectivity index (χ1v) is 10.2. The molecule has 4 heteroatoms. The zero-order valence-electron chi connectivity index (χ0n) is 16.8. The maximum atomic E-state index is 6.34. The zero-order chi connectivity index (χ0) is 19.3. The molecule has 0 N–H and O–H groups in total. The van der Waals surface area contributed by atoms with Crippen LogP contribution in [-0.4, -0.2) is 26.5 Å². The van der Waals surface area contributed by atoms with Crippen molar-refractivity contribution in [3.8, 4) is 0 Å². The van der Waals surface area contributed by atoms with Crippen LogP contribution in [0, 0.1) is 12.8 Å². The predicted molar refractivity (Wildman–Crippen MR) is 111 cm³/mol. The Balaban J connectivity index is 1.65. The van der Waals surface area contributed by atoms with Crippen LogP contribution in [0.25, 0.3) is 11.0 Å². The predicted octanol–water partition coefficient (Wildman–Crippen LogP) is 5.46. The van der Waals surface area contributed by atoms with Crippen LogP contribution in [0.2, 0.25) is 0 Å². The van der Waals surface area contributed by atoms with Gasteiger partial charge in [-0.3, -0.25) is 4.99 Å². The normalized spacial score (nSPS) is 29.5. The summed E-state index contributed by atoms with van der Waals surface area (Å²) in [5, 5.41) is 1.12. The molecule has 1 fully saturated rings. The van der Waals surface area contributed by atoms with Crippen LogP contribution in [-0.2, 0) is 15.1 Å². The molecule has 2 aliphatic carbocycles. The molecule has 0 bridgehead atoms. The molecule has 1 aliphatic heterocycles. The van der Waals surface area contributed by atoms with Gasteiger partial charge in [0.15, 0.2) is 5.60 Å². The molecule has 1 saturated carbocycles. The molecule has 0 saturated heterocycles. The fourth-order valence-electron chi connectivity index (χ4n) is 5.35. The van der Waals surface area contributed by atoms with Crippen LogP contribution >= 0.6 is 0 Å². The summed E-state index contributed by atoms with van der Waals surface area (Å²) in [5.41, 5.74) is 3.87. The molecule has 1 aromatic heterocycles. The van der Waals surface area contributed by atoms with Crippen LogP contribution in [0.15, 0.2) is 56.7 Å². The second-order valence-electron chi connectivity index (χ2n) is 8.19. The Bertz CT molecular complexity index is 1010. The van der Waals surface area contributed by atoms with E-state index in [-0.39, 0.29) is 0 Å². The lowest BCUT2D eigenvalue weighted by Crippen LogP contribution is -2.39. The van der Waals surface area contributed by atoms with Gasteiger partial charge in [0, 0.05) is 36.6 Å². The Morgan fingerprint density at radius 2 is 1.96 bits per heavy atom. The molecule has 3 atom stereocenters. The highest BCUT2D eigenvalue weighted by molar-refractivity contribution is 5.85. The molecular formula is C24H27NO3. The van der Waals surface area contributed by atoms with Crippen molar-refractivity contribution >= 4 is 17.2 Å². The second kappa shape index (κ2) is 6.63. The van der Waals surface area contributed by atoms with E-state index < -0.39 is 5.60 Å². The highest BCUT2D eigenvalue weighted by atomic mass is 16.5. The van der Waals surface area contributed by atoms with Gasteiger partial charge in [-0.05, 0) is 43.1 Å². The Labute approximate surface area is 165 Å². The van der Waals surface area contributed by atoms with Gasteiger partial charge < -0.3 is 13.9 Å². The van der Waals surface area contributed by atoms with Crippen molar-refractivity contribution in [1.82, 2.24) is 0 Å². The van der Waals surface area contributed by atoms with Crippen LogP contribution in [0.3, 0.4) is 0 Å². The number of furan rings is 1. The lowest BCUT2D eigenvalue weighted by Gasteiger charge is -2.41. The molecule has 3 aliphatic rings. The first-order chi connectivity index (χ1) is 13.7. The third-order valence-electron chi connectivity index (χ3n) is 6.82. The molecule has 0 amide bonds. The summed E-state index contributed by atoms with van der Waals surface area (Å²) in [6.07, 6.45) is 9.93. The number of nitrogens with zero attached hydrogens (tertiary/aromatic N) is 1. The van der Waals surface area contributed by atoms with E-state index in [1.807, 2.05) is 18.2 Å². The standard InChI is InChI=1S/C24H27NO3/c1-15-17-8-5-7-11-21(17)28-23(15)24(27-3)13-16-14-25-20-10-6-4-9-18(20)19(16)12-22(24)26-2/h5,7-8,11-12,14,18,20H,4,6,9-10,13H2,1-3H3. The number of hydrogen-bond donors (Lipinski definition) is 0. The number of benzene rings is 1. The summed E-state index contributed by atoms with van der Waals surface area (Å²) in [6.45, 7) is 2.10. The lowest BCUT2D eigenvalue weighted by molar-refractivity contribution is -0.0395. The topological polar surface area (TPSA) is 44.0 Å². The number of aliphatic imine (C=N–C) groups is 1. The molecule has 28 heavy (non-hydrogen) atoms. The van der Waals surface area contributed by atoms with Crippen molar-refractivity contribution in [2.24, 2.45) is 10.9 Å². The Kier molecular flexibility index (Phi) is 4.20. The Hall–Kier alpha value is -2.33. The van der Waals surface area contributed by atoms with E-state index in [9.17, 15) is 0 Å². The third kappa shape index (κ3) is 2.44. The fraction of sp³-hybridized carbons (Fsp3) is 0.458. The summed E-state index contributed by atoms with van der Waals surface area (Å²) in [6, 6.07) is 8.57. The van der Waals surface area contributed by atoms with Crippen molar-refractivity contribution in [2.45, 2.75) is 50.7 Å². The van der Waals surface area contributed by atoms with Gasteiger partial charge in [0.2, 0.25) is 0 Å². The van der Waals surface area contributed by atoms with Gasteiger partial charge in [0.1, 0.15) is 17.1 Å². The number of hydrogen-bond acceptors (Lipinski definition) is 4. The molecule has 146 valence electrons. The zero-order valence-corrected chi connectivity index (χ0v) is 16.8. The minimum atomic E-state index is -0.760. The number of dihydropyridines is 1. The minimum Gasteiger partial charge on any atom is -0.497 e. The van der Waals surface area contributed by atoms with Gasteiger partial charge in [0.05, 0.1) is 13.2 Å². The van der Waals surface area contributed by atoms with E-state index in [0.717, 1.165) is 28.1 Å². The van der Waals surface area contributed by atoms with Gasteiger partial charge in [-0.15, -0.1) is 0 Å². The quantitative estimate of drug-likeness (QED) is 0.714. The average Bonchev–Trinajstić information content (AvgIpc) is 3.09. The van der Waals surface area contributed by atoms with Gasteiger partial charge in [-0.1, -0.05) is 31.0 Å². The summed E-state index contributed by atoms with van der Waals surface area (Å²) in [4.78, 5) is 4.91. The number of para-hydroxylation sites is 1. The van der Waals surface area contributed by atoms with Crippen molar-refractivity contribution in [2.75, 3.05) is 14.2 Å². The van der Waals surface area contributed by atoms with E-state index in [2.05, 4.69) is 25.3 Å².